The first kappa shape index (κ1) is 20.1. The number of hydrogen-bond donors (Lipinski definition) is 0. The molecule has 1 aliphatic heterocycles. The SMILES string of the molecule is COC(=O)N1CCCN(C(=O)Cc2csc(COc3ccc(C)cc3)n2)CC1. The molecule has 2 heterocycles. The molecule has 3 rings (SSSR count). The average molecular weight is 404 g/mol. The summed E-state index contributed by atoms with van der Waals surface area (Å²) in [6.07, 6.45) is 0.666. The maximum atomic E-state index is 12.6. The number of hydrogen-bond acceptors (Lipinski definition) is 6. The predicted molar refractivity (Wildman–Crippen MR) is 107 cm³/mol. The van der Waals surface area contributed by atoms with E-state index in [9.17, 15) is 9.59 Å². The number of carbonyl (C=O) groups excluding carboxylic acids is 2. The molecule has 1 saturated heterocycles. The van der Waals surface area contributed by atoms with E-state index in [0.29, 0.717) is 32.8 Å². The minimum absolute atomic E-state index is 0.0306. The molecule has 0 unspecified atom stereocenters. The largest absolute Gasteiger partial charge is 0.486 e. The number of thiazole rings is 1. The maximum Gasteiger partial charge on any atom is 0.409 e. The third-order valence-electron chi connectivity index (χ3n) is 4.60. The van der Waals surface area contributed by atoms with Crippen molar-refractivity contribution in [3.05, 3.63) is 45.9 Å². The molecule has 0 spiro atoms. The first-order valence-corrected chi connectivity index (χ1v) is 10.2. The van der Waals surface area contributed by atoms with E-state index in [0.717, 1.165) is 22.9 Å². The van der Waals surface area contributed by atoms with Crippen molar-refractivity contribution < 1.29 is 19.1 Å². The maximum absolute atomic E-state index is 12.6. The van der Waals surface area contributed by atoms with Gasteiger partial charge >= 0.3 is 6.09 Å². The van der Waals surface area contributed by atoms with E-state index in [1.807, 2.05) is 36.6 Å². The number of aromatic nitrogens is 1. The van der Waals surface area contributed by atoms with Crippen LogP contribution >= 0.6 is 11.3 Å². The van der Waals surface area contributed by atoms with Gasteiger partial charge in [-0.15, -0.1) is 11.3 Å². The Bertz CT molecular complexity index is 806. The summed E-state index contributed by atoms with van der Waals surface area (Å²) in [7, 11) is 1.37. The fourth-order valence-electron chi connectivity index (χ4n) is 3.02. The van der Waals surface area contributed by atoms with Gasteiger partial charge in [0.25, 0.3) is 0 Å². The van der Waals surface area contributed by atoms with Gasteiger partial charge in [-0.05, 0) is 25.5 Å². The highest BCUT2D eigenvalue weighted by molar-refractivity contribution is 7.09. The number of methoxy groups -OCH3 is 1. The average Bonchev–Trinajstić information content (AvgIpc) is 2.99. The second-order valence-corrected chi connectivity index (χ2v) is 7.65. The topological polar surface area (TPSA) is 72.0 Å². The number of nitrogens with zero attached hydrogens (tertiary/aromatic N) is 3. The lowest BCUT2D eigenvalue weighted by atomic mass is 10.2. The monoisotopic (exact) mass is 403 g/mol. The lowest BCUT2D eigenvalue weighted by molar-refractivity contribution is -0.130. The van der Waals surface area contributed by atoms with Crippen LogP contribution in [-0.4, -0.2) is 60.1 Å². The fraction of sp³-hybridized carbons (Fsp3) is 0.450. The van der Waals surface area contributed by atoms with Gasteiger partial charge in [-0.3, -0.25) is 4.79 Å². The summed E-state index contributed by atoms with van der Waals surface area (Å²) in [5, 5.41) is 2.75. The number of ether oxygens (including phenoxy) is 2. The second-order valence-electron chi connectivity index (χ2n) is 6.70. The molecule has 1 aliphatic rings. The van der Waals surface area contributed by atoms with Gasteiger partial charge in [0.15, 0.2) is 0 Å². The van der Waals surface area contributed by atoms with Crippen LogP contribution in [-0.2, 0) is 22.6 Å². The highest BCUT2D eigenvalue weighted by atomic mass is 32.1. The molecule has 0 aliphatic carbocycles. The Balaban J connectivity index is 1.49. The van der Waals surface area contributed by atoms with Crippen LogP contribution in [0.1, 0.15) is 22.7 Å². The smallest absolute Gasteiger partial charge is 0.409 e. The van der Waals surface area contributed by atoms with Gasteiger partial charge in [-0.25, -0.2) is 9.78 Å². The lowest BCUT2D eigenvalue weighted by Crippen LogP contribution is -2.37. The molecule has 1 fully saturated rings. The molecule has 150 valence electrons. The summed E-state index contributed by atoms with van der Waals surface area (Å²) in [5.41, 5.74) is 1.94. The zero-order valence-corrected chi connectivity index (χ0v) is 17.0. The molecule has 0 saturated carbocycles. The van der Waals surface area contributed by atoms with Crippen LogP contribution in [0, 0.1) is 6.92 Å². The molecule has 1 aromatic carbocycles. The van der Waals surface area contributed by atoms with Crippen molar-refractivity contribution in [2.24, 2.45) is 0 Å². The van der Waals surface area contributed by atoms with E-state index in [1.165, 1.54) is 24.0 Å². The molecule has 0 bridgehead atoms. The summed E-state index contributed by atoms with van der Waals surface area (Å²) in [6, 6.07) is 7.88. The van der Waals surface area contributed by atoms with Crippen LogP contribution in [0.3, 0.4) is 0 Å². The van der Waals surface area contributed by atoms with Crippen molar-refractivity contribution in [3.8, 4) is 5.75 Å². The molecule has 28 heavy (non-hydrogen) atoms. The highest BCUT2D eigenvalue weighted by Crippen LogP contribution is 2.17. The number of carbonyl (C=O) groups is 2. The number of rotatable bonds is 5. The summed E-state index contributed by atoms with van der Waals surface area (Å²) in [4.78, 5) is 32.2. The van der Waals surface area contributed by atoms with Crippen molar-refractivity contribution >= 4 is 23.3 Å². The minimum atomic E-state index is -0.341. The van der Waals surface area contributed by atoms with Crippen molar-refractivity contribution in [2.75, 3.05) is 33.3 Å². The first-order valence-electron chi connectivity index (χ1n) is 9.28. The lowest BCUT2D eigenvalue weighted by Gasteiger charge is -2.21. The third kappa shape index (κ3) is 5.45. The Hall–Kier alpha value is -2.61. The summed E-state index contributed by atoms with van der Waals surface area (Å²) >= 11 is 1.50. The molecule has 2 aromatic rings. The summed E-state index contributed by atoms with van der Waals surface area (Å²) in [6.45, 7) is 4.67. The zero-order chi connectivity index (χ0) is 19.9. The summed E-state index contributed by atoms with van der Waals surface area (Å²) in [5.74, 6) is 0.834. The Morgan fingerprint density at radius 2 is 1.82 bits per heavy atom. The van der Waals surface area contributed by atoms with E-state index in [-0.39, 0.29) is 18.4 Å². The van der Waals surface area contributed by atoms with Crippen LogP contribution in [0.25, 0.3) is 0 Å². The first-order chi connectivity index (χ1) is 13.5. The molecule has 8 heteroatoms. The zero-order valence-electron chi connectivity index (χ0n) is 16.2. The van der Waals surface area contributed by atoms with Crippen LogP contribution in [0.15, 0.2) is 29.6 Å². The van der Waals surface area contributed by atoms with Crippen molar-refractivity contribution in [1.82, 2.24) is 14.8 Å². The predicted octanol–water partition coefficient (Wildman–Crippen LogP) is 2.87. The van der Waals surface area contributed by atoms with Crippen molar-refractivity contribution in [2.45, 2.75) is 26.4 Å². The molecule has 0 radical (unpaired) electrons. The second kappa shape index (κ2) is 9.54. The van der Waals surface area contributed by atoms with Gasteiger partial charge in [-0.2, -0.15) is 0 Å². The van der Waals surface area contributed by atoms with E-state index >= 15 is 0 Å². The van der Waals surface area contributed by atoms with Crippen LogP contribution in [0.5, 0.6) is 5.75 Å². The van der Waals surface area contributed by atoms with Gasteiger partial charge in [0, 0.05) is 31.6 Å². The fourth-order valence-corrected chi connectivity index (χ4v) is 3.73. The molecular formula is C20H25N3O4S. The van der Waals surface area contributed by atoms with E-state index in [4.69, 9.17) is 9.47 Å². The molecule has 2 amide bonds. The number of benzene rings is 1. The summed E-state index contributed by atoms with van der Waals surface area (Å²) < 4.78 is 10.5. The molecule has 7 nitrogen and oxygen atoms in total. The Morgan fingerprint density at radius 1 is 1.11 bits per heavy atom. The highest BCUT2D eigenvalue weighted by Gasteiger charge is 2.22. The van der Waals surface area contributed by atoms with Gasteiger partial charge in [0.05, 0.1) is 19.2 Å². The normalized spacial score (nSPS) is 14.5. The quantitative estimate of drug-likeness (QED) is 0.768. The van der Waals surface area contributed by atoms with Gasteiger partial charge in [-0.1, -0.05) is 17.7 Å². The third-order valence-corrected chi connectivity index (χ3v) is 5.47. The minimum Gasteiger partial charge on any atom is -0.486 e. The van der Waals surface area contributed by atoms with Gasteiger partial charge in [0.2, 0.25) is 5.91 Å². The Morgan fingerprint density at radius 3 is 2.57 bits per heavy atom. The van der Waals surface area contributed by atoms with E-state index in [2.05, 4.69) is 4.98 Å². The van der Waals surface area contributed by atoms with Crippen LogP contribution < -0.4 is 4.74 Å². The van der Waals surface area contributed by atoms with E-state index < -0.39 is 0 Å². The molecule has 0 N–H and O–H groups in total. The molecular weight excluding hydrogens is 378 g/mol. The Labute approximate surface area is 168 Å². The molecule has 1 aromatic heterocycles. The molecule has 0 atom stereocenters. The number of amides is 2. The van der Waals surface area contributed by atoms with E-state index in [1.54, 1.807) is 9.80 Å². The van der Waals surface area contributed by atoms with Gasteiger partial charge in [0.1, 0.15) is 17.4 Å². The van der Waals surface area contributed by atoms with Crippen LogP contribution in [0.4, 0.5) is 4.79 Å². The number of aryl methyl sites for hydroxylation is 1. The van der Waals surface area contributed by atoms with Gasteiger partial charge < -0.3 is 19.3 Å². The Kier molecular flexibility index (Phi) is 6.86. The van der Waals surface area contributed by atoms with Crippen LogP contribution in [0.2, 0.25) is 0 Å². The van der Waals surface area contributed by atoms with Crippen molar-refractivity contribution in [3.63, 3.8) is 0 Å². The standard InChI is InChI=1S/C20H25N3O4S/c1-15-4-6-17(7-5-15)27-13-18-21-16(14-28-18)12-19(24)22-8-3-9-23(11-10-22)20(25)26-2/h4-7,14H,3,8-13H2,1-2H3. The van der Waals surface area contributed by atoms with Crippen molar-refractivity contribution in [1.29, 1.82) is 0 Å².